The number of halogens is 1. The molecule has 3 aliphatic rings. The molecule has 7 rings (SSSR count). The Morgan fingerprint density at radius 1 is 0.727 bits per heavy atom. The van der Waals surface area contributed by atoms with Gasteiger partial charge in [-0.25, -0.2) is 19.6 Å². The van der Waals surface area contributed by atoms with Crippen LogP contribution in [0.3, 0.4) is 0 Å². The molecule has 2 aromatic heterocycles. The van der Waals surface area contributed by atoms with Crippen LogP contribution < -0.4 is 0 Å². The van der Waals surface area contributed by atoms with Gasteiger partial charge in [-0.3, -0.25) is 0 Å². The lowest BCUT2D eigenvalue weighted by atomic mass is 9.90. The molecule has 0 spiro atoms. The van der Waals surface area contributed by atoms with Gasteiger partial charge < -0.3 is 24.2 Å². The van der Waals surface area contributed by atoms with Crippen LogP contribution in [0.25, 0.3) is 26.0 Å². The Bertz CT molecular complexity index is 2030. The van der Waals surface area contributed by atoms with E-state index in [0.29, 0.717) is 17.8 Å². The number of rotatable bonds is 3. The Balaban J connectivity index is 0.000000193. The molecule has 3 aliphatic heterocycles. The number of amides is 2. The van der Waals surface area contributed by atoms with Crippen LogP contribution in [0.15, 0.2) is 46.4 Å². The van der Waals surface area contributed by atoms with E-state index in [2.05, 4.69) is 96.1 Å². The van der Waals surface area contributed by atoms with Crippen molar-refractivity contribution in [3.63, 3.8) is 0 Å². The van der Waals surface area contributed by atoms with Crippen LogP contribution >= 0.6 is 38.6 Å². The predicted molar refractivity (Wildman–Crippen MR) is 230 cm³/mol. The summed E-state index contributed by atoms with van der Waals surface area (Å²) in [6.45, 7) is 21.7. The lowest BCUT2D eigenvalue weighted by Crippen LogP contribution is -2.44. The highest BCUT2D eigenvalue weighted by Gasteiger charge is 2.36. The van der Waals surface area contributed by atoms with Crippen molar-refractivity contribution in [3.8, 4) is 0 Å². The average Bonchev–Trinajstić information content (AvgIpc) is 3.68. The van der Waals surface area contributed by atoms with E-state index < -0.39 is 11.2 Å². The molecule has 0 radical (unpaired) electrons. The Morgan fingerprint density at radius 3 is 1.71 bits per heavy atom. The Hall–Kier alpha value is -3.06. The summed E-state index contributed by atoms with van der Waals surface area (Å²) in [6, 6.07) is 13.0. The second-order valence-electron chi connectivity index (χ2n) is 17.9. The molecule has 0 aliphatic carbocycles. The number of hydrogen-bond acceptors (Lipinski definition) is 9. The van der Waals surface area contributed by atoms with Gasteiger partial charge in [-0.15, -0.1) is 22.7 Å². The van der Waals surface area contributed by atoms with E-state index in [1.54, 1.807) is 22.7 Å². The molecular formula is C43H58BrN5O4S2. The summed E-state index contributed by atoms with van der Waals surface area (Å²) in [4.78, 5) is 41.3. The van der Waals surface area contributed by atoms with Gasteiger partial charge in [-0.05, 0) is 149 Å². The SMILES string of the molecule is CC1CN(C)CC=C1c1nc2cc(C3CC[C@H](C)CN3C(=O)OC(C)(C)C)ccc2s1.C[C@H]1CCC(c2ccc3sc(Br)nc3c2)N(C(=O)OC(C)(C)C)C1. The van der Waals surface area contributed by atoms with Crippen molar-refractivity contribution in [2.24, 2.45) is 17.8 Å². The average molecular weight is 853 g/mol. The number of thiazole rings is 2. The second-order valence-corrected chi connectivity index (χ2v) is 21.2. The Morgan fingerprint density at radius 2 is 1.22 bits per heavy atom. The Kier molecular flexibility index (Phi) is 12.7. The quantitative estimate of drug-likeness (QED) is 0.203. The zero-order chi connectivity index (χ0) is 39.8. The lowest BCUT2D eigenvalue weighted by Gasteiger charge is -2.39. The number of likely N-dealkylation sites (tertiary alicyclic amines) is 2. The van der Waals surface area contributed by atoms with E-state index in [9.17, 15) is 9.59 Å². The fraction of sp³-hybridized carbons (Fsp3) is 0.581. The zero-order valence-corrected chi connectivity index (χ0v) is 37.4. The molecule has 0 bridgehead atoms. The van der Waals surface area contributed by atoms with E-state index in [1.165, 1.54) is 10.3 Å². The summed E-state index contributed by atoms with van der Waals surface area (Å²) >= 11 is 6.84. The van der Waals surface area contributed by atoms with Gasteiger partial charge in [-0.2, -0.15) is 0 Å². The van der Waals surface area contributed by atoms with Crippen LogP contribution in [-0.2, 0) is 9.47 Å². The highest BCUT2D eigenvalue weighted by molar-refractivity contribution is 9.11. The summed E-state index contributed by atoms with van der Waals surface area (Å²) in [7, 11) is 2.16. The molecule has 2 saturated heterocycles. The van der Waals surface area contributed by atoms with Crippen LogP contribution in [0, 0.1) is 17.8 Å². The first-order valence-electron chi connectivity index (χ1n) is 19.7. The number of nitrogens with zero attached hydrogens (tertiary/aromatic N) is 5. The third-order valence-electron chi connectivity index (χ3n) is 10.4. The maximum absolute atomic E-state index is 13.0. The molecule has 5 atom stereocenters. The second kappa shape index (κ2) is 16.8. The van der Waals surface area contributed by atoms with Gasteiger partial charge in [0, 0.05) is 26.2 Å². The maximum atomic E-state index is 13.0. The minimum Gasteiger partial charge on any atom is -0.444 e. The number of aromatic nitrogens is 2. The van der Waals surface area contributed by atoms with E-state index in [-0.39, 0.29) is 24.3 Å². The lowest BCUT2D eigenvalue weighted by molar-refractivity contribution is 0.00278. The minimum absolute atomic E-state index is 0.0436. The minimum atomic E-state index is -0.491. The molecule has 12 heteroatoms. The van der Waals surface area contributed by atoms with E-state index in [0.717, 1.165) is 87.6 Å². The third-order valence-corrected chi connectivity index (χ3v) is 13.0. The highest BCUT2D eigenvalue weighted by Crippen LogP contribution is 2.39. The molecule has 0 N–H and O–H groups in total. The van der Waals surface area contributed by atoms with Gasteiger partial charge >= 0.3 is 12.2 Å². The third kappa shape index (κ3) is 10.5. The number of carbonyl (C=O) groups is 2. The molecule has 2 fully saturated rings. The highest BCUT2D eigenvalue weighted by atomic mass is 79.9. The molecule has 9 nitrogen and oxygen atoms in total. The number of hydrogen-bond donors (Lipinski definition) is 0. The first kappa shape index (κ1) is 41.6. The number of likely N-dealkylation sites (N-methyl/N-ethyl adjacent to an activating group) is 1. The van der Waals surface area contributed by atoms with E-state index >= 15 is 0 Å². The maximum Gasteiger partial charge on any atom is 0.410 e. The van der Waals surface area contributed by atoms with Crippen LogP contribution in [0.4, 0.5) is 9.59 Å². The van der Waals surface area contributed by atoms with Crippen LogP contribution in [-0.4, -0.2) is 81.3 Å². The van der Waals surface area contributed by atoms with Gasteiger partial charge in [0.2, 0.25) is 0 Å². The zero-order valence-electron chi connectivity index (χ0n) is 34.1. The normalized spacial score (nSPS) is 24.0. The van der Waals surface area contributed by atoms with Crippen molar-refractivity contribution in [1.82, 2.24) is 24.7 Å². The molecule has 3 unspecified atom stereocenters. The van der Waals surface area contributed by atoms with Gasteiger partial charge in [-0.1, -0.05) is 39.0 Å². The topological polar surface area (TPSA) is 88.1 Å². The summed E-state index contributed by atoms with van der Waals surface area (Å²) in [6.07, 6.45) is 6.02. The number of ether oxygens (including phenoxy) is 2. The molecule has 55 heavy (non-hydrogen) atoms. The Labute approximate surface area is 343 Å². The molecule has 5 heterocycles. The molecule has 4 aromatic rings. The fourth-order valence-electron chi connectivity index (χ4n) is 7.84. The number of carbonyl (C=O) groups excluding carboxylic acids is 2. The van der Waals surface area contributed by atoms with Crippen molar-refractivity contribution in [2.45, 2.75) is 111 Å². The van der Waals surface area contributed by atoms with E-state index in [4.69, 9.17) is 14.5 Å². The van der Waals surface area contributed by atoms with Crippen molar-refractivity contribution < 1.29 is 19.1 Å². The number of piperidine rings is 2. The first-order valence-corrected chi connectivity index (χ1v) is 22.1. The fourth-order valence-corrected chi connectivity index (χ4v) is 10.3. The smallest absolute Gasteiger partial charge is 0.410 e. The van der Waals surface area contributed by atoms with Crippen molar-refractivity contribution in [2.75, 3.05) is 33.2 Å². The van der Waals surface area contributed by atoms with Crippen LogP contribution in [0.2, 0.25) is 0 Å². The largest absolute Gasteiger partial charge is 0.444 e. The number of benzene rings is 2. The van der Waals surface area contributed by atoms with Gasteiger partial charge in [0.15, 0.2) is 3.92 Å². The molecule has 2 amide bonds. The molecule has 0 saturated carbocycles. The number of fused-ring (bicyclic) bond motifs is 2. The predicted octanol–water partition coefficient (Wildman–Crippen LogP) is 11.7. The van der Waals surface area contributed by atoms with Gasteiger partial charge in [0.05, 0.1) is 32.5 Å². The molecule has 298 valence electrons. The summed E-state index contributed by atoms with van der Waals surface area (Å²) < 4.78 is 14.6. The summed E-state index contributed by atoms with van der Waals surface area (Å²) in [5, 5.41) is 1.13. The molecular weight excluding hydrogens is 795 g/mol. The van der Waals surface area contributed by atoms with Crippen molar-refractivity contribution >= 4 is 76.8 Å². The summed E-state index contributed by atoms with van der Waals surface area (Å²) in [5.41, 5.74) is 4.70. The standard InChI is InChI=1S/C25H35N3O2S.C18H23BrN2O2S/c1-16-7-9-21(28(14-16)24(29)30-25(3,4)5)18-8-10-22-20(13-18)26-23(31-22)19-11-12-27(6)15-17(19)2;1-11-5-7-14(21(10-11)17(22)23-18(2,3)4)12-6-8-15-13(9-12)20-16(19)24-15/h8,10-11,13,16-17,21H,7,9,12,14-15H2,1-6H3;6,8-9,11,14H,5,7,10H2,1-4H3/t16-,17?,21?;11-,14?/m00/s1. The van der Waals surface area contributed by atoms with Crippen molar-refractivity contribution in [1.29, 1.82) is 0 Å². The van der Waals surface area contributed by atoms with Crippen LogP contribution in [0.5, 0.6) is 0 Å². The van der Waals surface area contributed by atoms with Gasteiger partial charge in [0.1, 0.15) is 16.2 Å². The molecule has 2 aromatic carbocycles. The van der Waals surface area contributed by atoms with Crippen LogP contribution in [0.1, 0.15) is 116 Å². The summed E-state index contributed by atoms with van der Waals surface area (Å²) in [5.74, 6) is 1.46. The van der Waals surface area contributed by atoms with Gasteiger partial charge in [0.25, 0.3) is 0 Å². The first-order chi connectivity index (χ1) is 25.8. The monoisotopic (exact) mass is 851 g/mol. The van der Waals surface area contributed by atoms with E-state index in [1.807, 2.05) is 51.3 Å². The van der Waals surface area contributed by atoms with Crippen molar-refractivity contribution in [3.05, 3.63) is 62.5 Å².